The minimum Gasteiger partial charge on any atom is -0.303 e. The Labute approximate surface area is 125 Å². The lowest BCUT2D eigenvalue weighted by Crippen LogP contribution is -2.29. The van der Waals surface area contributed by atoms with Gasteiger partial charge in [0, 0.05) is 23.6 Å². The maximum Gasteiger partial charge on any atom is 0.0419 e. The van der Waals surface area contributed by atoms with Crippen LogP contribution in [0, 0.1) is 6.92 Å². The van der Waals surface area contributed by atoms with Gasteiger partial charge in [0.15, 0.2) is 0 Å². The van der Waals surface area contributed by atoms with Gasteiger partial charge in [0.1, 0.15) is 0 Å². The first kappa shape index (κ1) is 13.7. The molecule has 0 fully saturated rings. The first-order chi connectivity index (χ1) is 9.74. The normalized spacial score (nSPS) is 19.4. The molecule has 1 unspecified atom stereocenters. The van der Waals surface area contributed by atoms with Crippen molar-refractivity contribution in [2.75, 3.05) is 5.75 Å². The summed E-state index contributed by atoms with van der Waals surface area (Å²) in [6, 6.07) is 18.5. The molecule has 0 radical (unpaired) electrons. The third-order valence-electron chi connectivity index (χ3n) is 3.97. The summed E-state index contributed by atoms with van der Waals surface area (Å²) in [6.45, 7) is 4.42. The fourth-order valence-electron chi connectivity index (χ4n) is 2.86. The van der Waals surface area contributed by atoms with Crippen molar-refractivity contribution >= 4 is 11.8 Å². The molecule has 0 aromatic heterocycles. The fourth-order valence-corrected chi connectivity index (χ4v) is 3.97. The third-order valence-corrected chi connectivity index (χ3v) is 5.05. The zero-order valence-corrected chi connectivity index (χ0v) is 12.9. The summed E-state index contributed by atoms with van der Waals surface area (Å²) in [6.07, 6.45) is 0. The van der Waals surface area contributed by atoms with Gasteiger partial charge in [-0.15, -0.1) is 0 Å². The van der Waals surface area contributed by atoms with Crippen LogP contribution in [0.3, 0.4) is 0 Å². The number of fused-ring (bicyclic) bond motifs is 1. The molecule has 0 saturated heterocycles. The minimum absolute atomic E-state index is 0.381. The lowest BCUT2D eigenvalue weighted by molar-refractivity contribution is 0.495. The van der Waals surface area contributed by atoms with E-state index in [0.717, 1.165) is 11.5 Å². The predicted octanol–water partition coefficient (Wildman–Crippen LogP) is 4.63. The molecule has 0 spiro atoms. The Morgan fingerprint density at radius 3 is 2.85 bits per heavy atom. The lowest BCUT2D eigenvalue weighted by Gasteiger charge is -2.29. The smallest absolute Gasteiger partial charge is 0.0419 e. The average Bonchev–Trinajstić information content (AvgIpc) is 2.47. The second-order valence-electron chi connectivity index (χ2n) is 5.57. The lowest BCUT2D eigenvalue weighted by atomic mass is 9.99. The Hall–Kier alpha value is -1.25. The SMILES string of the molecule is Cc1cccc([C@H](C)NC2CSCc3ccccc32)c1. The second-order valence-corrected chi connectivity index (χ2v) is 6.60. The molecular weight excluding hydrogens is 262 g/mol. The van der Waals surface area contributed by atoms with Gasteiger partial charge in [-0.1, -0.05) is 54.1 Å². The molecule has 1 N–H and O–H groups in total. The molecule has 2 heteroatoms. The summed E-state index contributed by atoms with van der Waals surface area (Å²) in [5.74, 6) is 2.31. The summed E-state index contributed by atoms with van der Waals surface area (Å²) in [5, 5.41) is 3.80. The molecule has 1 aliphatic rings. The molecule has 0 amide bonds. The Morgan fingerprint density at radius 1 is 1.15 bits per heavy atom. The van der Waals surface area contributed by atoms with Crippen LogP contribution < -0.4 is 5.32 Å². The van der Waals surface area contributed by atoms with Gasteiger partial charge in [0.2, 0.25) is 0 Å². The number of hydrogen-bond acceptors (Lipinski definition) is 2. The van der Waals surface area contributed by atoms with Crippen LogP contribution in [-0.4, -0.2) is 5.75 Å². The van der Waals surface area contributed by atoms with Crippen LogP contribution in [0.15, 0.2) is 48.5 Å². The van der Waals surface area contributed by atoms with Crippen LogP contribution in [-0.2, 0) is 5.75 Å². The van der Waals surface area contributed by atoms with Gasteiger partial charge in [-0.05, 0) is 30.5 Å². The van der Waals surface area contributed by atoms with E-state index in [1.807, 2.05) is 11.8 Å². The van der Waals surface area contributed by atoms with Crippen LogP contribution in [0.5, 0.6) is 0 Å². The first-order valence-electron chi connectivity index (χ1n) is 7.22. The molecule has 104 valence electrons. The Balaban J connectivity index is 1.79. The van der Waals surface area contributed by atoms with Crippen LogP contribution >= 0.6 is 11.8 Å². The van der Waals surface area contributed by atoms with Gasteiger partial charge in [0.05, 0.1) is 0 Å². The molecule has 2 atom stereocenters. The molecule has 1 aliphatic heterocycles. The van der Waals surface area contributed by atoms with E-state index in [0.29, 0.717) is 12.1 Å². The zero-order chi connectivity index (χ0) is 13.9. The van der Waals surface area contributed by atoms with Crippen molar-refractivity contribution in [3.05, 3.63) is 70.8 Å². The van der Waals surface area contributed by atoms with Gasteiger partial charge < -0.3 is 5.32 Å². The molecule has 0 saturated carbocycles. The van der Waals surface area contributed by atoms with Crippen molar-refractivity contribution in [2.45, 2.75) is 31.7 Å². The molecule has 0 aliphatic carbocycles. The maximum absolute atomic E-state index is 3.80. The molecular formula is C18H21NS. The Bertz CT molecular complexity index is 593. The number of aryl methyl sites for hydroxylation is 1. The summed E-state index contributed by atoms with van der Waals surface area (Å²) < 4.78 is 0. The topological polar surface area (TPSA) is 12.0 Å². The van der Waals surface area contributed by atoms with Gasteiger partial charge in [-0.2, -0.15) is 11.8 Å². The average molecular weight is 283 g/mol. The highest BCUT2D eigenvalue weighted by Gasteiger charge is 2.21. The van der Waals surface area contributed by atoms with E-state index in [1.165, 1.54) is 22.3 Å². The van der Waals surface area contributed by atoms with Gasteiger partial charge in [0.25, 0.3) is 0 Å². The van der Waals surface area contributed by atoms with Crippen LogP contribution in [0.25, 0.3) is 0 Å². The zero-order valence-electron chi connectivity index (χ0n) is 12.1. The maximum atomic E-state index is 3.80. The molecule has 0 bridgehead atoms. The highest BCUT2D eigenvalue weighted by molar-refractivity contribution is 7.98. The summed E-state index contributed by atoms with van der Waals surface area (Å²) in [5.41, 5.74) is 5.66. The van der Waals surface area contributed by atoms with Crippen molar-refractivity contribution in [1.29, 1.82) is 0 Å². The molecule has 2 aromatic rings. The minimum atomic E-state index is 0.381. The third kappa shape index (κ3) is 2.92. The standard InChI is InChI=1S/C18H21NS/c1-13-6-5-8-15(10-13)14(2)19-18-12-20-11-16-7-3-4-9-17(16)18/h3-10,14,18-19H,11-12H2,1-2H3/t14-,18?/m0/s1. The van der Waals surface area contributed by atoms with Crippen molar-refractivity contribution in [3.63, 3.8) is 0 Å². The van der Waals surface area contributed by atoms with Crippen molar-refractivity contribution < 1.29 is 0 Å². The number of thioether (sulfide) groups is 1. The van der Waals surface area contributed by atoms with Crippen molar-refractivity contribution in [3.8, 4) is 0 Å². The van der Waals surface area contributed by atoms with E-state index in [2.05, 4.69) is 67.7 Å². The van der Waals surface area contributed by atoms with Gasteiger partial charge >= 0.3 is 0 Å². The van der Waals surface area contributed by atoms with Crippen LogP contribution in [0.1, 0.15) is 41.3 Å². The predicted molar refractivity (Wildman–Crippen MR) is 88.1 cm³/mol. The molecule has 2 aromatic carbocycles. The van der Waals surface area contributed by atoms with E-state index in [4.69, 9.17) is 0 Å². The highest BCUT2D eigenvalue weighted by Crippen LogP contribution is 2.33. The van der Waals surface area contributed by atoms with E-state index >= 15 is 0 Å². The number of rotatable bonds is 3. The monoisotopic (exact) mass is 283 g/mol. The Kier molecular flexibility index (Phi) is 4.13. The quantitative estimate of drug-likeness (QED) is 0.881. The van der Waals surface area contributed by atoms with Gasteiger partial charge in [-0.25, -0.2) is 0 Å². The van der Waals surface area contributed by atoms with Gasteiger partial charge in [-0.3, -0.25) is 0 Å². The van der Waals surface area contributed by atoms with Crippen molar-refractivity contribution in [1.82, 2.24) is 5.32 Å². The van der Waals surface area contributed by atoms with E-state index in [9.17, 15) is 0 Å². The largest absolute Gasteiger partial charge is 0.303 e. The van der Waals surface area contributed by atoms with Crippen LogP contribution in [0.2, 0.25) is 0 Å². The first-order valence-corrected chi connectivity index (χ1v) is 8.37. The van der Waals surface area contributed by atoms with Crippen LogP contribution in [0.4, 0.5) is 0 Å². The second kappa shape index (κ2) is 6.02. The Morgan fingerprint density at radius 2 is 2.00 bits per heavy atom. The molecule has 1 nitrogen and oxygen atoms in total. The summed E-state index contributed by atoms with van der Waals surface area (Å²) >= 11 is 2.02. The number of benzene rings is 2. The highest BCUT2D eigenvalue weighted by atomic mass is 32.2. The number of hydrogen-bond donors (Lipinski definition) is 1. The van der Waals surface area contributed by atoms with Crippen molar-refractivity contribution in [2.24, 2.45) is 0 Å². The summed E-state index contributed by atoms with van der Waals surface area (Å²) in [4.78, 5) is 0. The van der Waals surface area contributed by atoms with E-state index in [-0.39, 0.29) is 0 Å². The van der Waals surface area contributed by atoms with E-state index in [1.54, 1.807) is 0 Å². The number of nitrogens with one attached hydrogen (secondary N) is 1. The molecule has 1 heterocycles. The molecule has 3 rings (SSSR count). The fraction of sp³-hybridized carbons (Fsp3) is 0.333. The van der Waals surface area contributed by atoms with E-state index < -0.39 is 0 Å². The summed E-state index contributed by atoms with van der Waals surface area (Å²) in [7, 11) is 0. The molecule has 20 heavy (non-hydrogen) atoms.